The summed E-state index contributed by atoms with van der Waals surface area (Å²) in [6.07, 6.45) is 7.07. The van der Waals surface area contributed by atoms with Gasteiger partial charge in [0, 0.05) is 32.0 Å². The van der Waals surface area contributed by atoms with Gasteiger partial charge in [0.1, 0.15) is 5.82 Å². The highest BCUT2D eigenvalue weighted by molar-refractivity contribution is 5.31. The van der Waals surface area contributed by atoms with Crippen molar-refractivity contribution in [2.45, 2.75) is 38.9 Å². The molecule has 0 aliphatic carbocycles. The third-order valence-electron chi connectivity index (χ3n) is 4.71. The number of nitriles is 1. The second-order valence-electron chi connectivity index (χ2n) is 6.98. The summed E-state index contributed by atoms with van der Waals surface area (Å²) in [4.78, 5) is 2.34. The Labute approximate surface area is 165 Å². The molecule has 144 valence electrons. The molecule has 0 saturated heterocycles. The smallest absolute Gasteiger partial charge is 0.123 e. The Bertz CT molecular complexity index is 882. The number of aryl methyl sites for hydroxylation is 1. The fraction of sp³-hybridized carbons (Fsp3) is 0.304. The fourth-order valence-corrected chi connectivity index (χ4v) is 3.27. The predicted molar refractivity (Wildman–Crippen MR) is 108 cm³/mol. The summed E-state index contributed by atoms with van der Waals surface area (Å²) >= 11 is 0. The number of hydrogen-bond acceptors (Lipinski definition) is 3. The molecule has 0 radical (unpaired) electrons. The van der Waals surface area contributed by atoms with Crippen molar-refractivity contribution in [1.82, 2.24) is 14.7 Å². The van der Waals surface area contributed by atoms with Crippen LogP contribution in [-0.4, -0.2) is 21.2 Å². The first-order valence-corrected chi connectivity index (χ1v) is 9.66. The maximum Gasteiger partial charge on any atom is 0.123 e. The van der Waals surface area contributed by atoms with Crippen LogP contribution in [-0.2, 0) is 19.6 Å². The average Bonchev–Trinajstić information content (AvgIpc) is 3.22. The van der Waals surface area contributed by atoms with Crippen LogP contribution in [0.2, 0.25) is 0 Å². The zero-order valence-electron chi connectivity index (χ0n) is 16.0. The van der Waals surface area contributed by atoms with Crippen molar-refractivity contribution in [1.29, 1.82) is 5.26 Å². The highest BCUT2D eigenvalue weighted by Crippen LogP contribution is 2.14. The SMILES string of the molecule is N#Cc1ccc(CN(CCCCCn2cccn2)Cc2cccc(F)c2)cc1. The van der Waals surface area contributed by atoms with Gasteiger partial charge in [-0.1, -0.05) is 30.7 Å². The number of halogens is 1. The highest BCUT2D eigenvalue weighted by atomic mass is 19.1. The minimum Gasteiger partial charge on any atom is -0.295 e. The Morgan fingerprint density at radius 1 is 0.964 bits per heavy atom. The molecule has 1 heterocycles. The van der Waals surface area contributed by atoms with Crippen LogP contribution < -0.4 is 0 Å². The van der Waals surface area contributed by atoms with Crippen LogP contribution in [0.4, 0.5) is 4.39 Å². The van der Waals surface area contributed by atoms with Gasteiger partial charge in [0.2, 0.25) is 0 Å². The lowest BCUT2D eigenvalue weighted by atomic mass is 10.1. The van der Waals surface area contributed by atoms with Gasteiger partial charge in [-0.25, -0.2) is 4.39 Å². The molecule has 0 fully saturated rings. The van der Waals surface area contributed by atoms with Crippen molar-refractivity contribution in [2.24, 2.45) is 0 Å². The summed E-state index contributed by atoms with van der Waals surface area (Å²) in [5.41, 5.74) is 2.80. The minimum absolute atomic E-state index is 0.199. The Morgan fingerprint density at radius 2 is 1.79 bits per heavy atom. The summed E-state index contributed by atoms with van der Waals surface area (Å²) in [6, 6.07) is 18.6. The zero-order valence-corrected chi connectivity index (χ0v) is 16.0. The van der Waals surface area contributed by atoms with Gasteiger partial charge in [0.15, 0.2) is 0 Å². The average molecular weight is 376 g/mol. The van der Waals surface area contributed by atoms with E-state index in [4.69, 9.17) is 5.26 Å². The summed E-state index contributed by atoms with van der Waals surface area (Å²) in [7, 11) is 0. The van der Waals surface area contributed by atoms with Crippen LogP contribution in [0.25, 0.3) is 0 Å². The Kier molecular flexibility index (Phi) is 7.34. The van der Waals surface area contributed by atoms with E-state index in [0.29, 0.717) is 12.1 Å². The molecule has 0 amide bonds. The van der Waals surface area contributed by atoms with Crippen molar-refractivity contribution in [2.75, 3.05) is 6.54 Å². The maximum absolute atomic E-state index is 13.6. The lowest BCUT2D eigenvalue weighted by Crippen LogP contribution is -2.24. The largest absolute Gasteiger partial charge is 0.295 e. The molecule has 3 rings (SSSR count). The first-order valence-electron chi connectivity index (χ1n) is 9.66. The van der Waals surface area contributed by atoms with E-state index in [9.17, 15) is 4.39 Å². The van der Waals surface area contributed by atoms with Gasteiger partial charge in [0.25, 0.3) is 0 Å². The van der Waals surface area contributed by atoms with Crippen LogP contribution in [0.1, 0.15) is 36.0 Å². The molecule has 2 aromatic carbocycles. The molecule has 0 aliphatic heterocycles. The molecule has 0 bridgehead atoms. The van der Waals surface area contributed by atoms with E-state index in [1.54, 1.807) is 18.3 Å². The minimum atomic E-state index is -0.199. The number of unbranched alkanes of at least 4 members (excludes halogenated alkanes) is 2. The molecule has 0 spiro atoms. The van der Waals surface area contributed by atoms with Crippen LogP contribution in [0, 0.1) is 17.1 Å². The molecule has 0 unspecified atom stereocenters. The van der Waals surface area contributed by atoms with Gasteiger partial charge in [-0.15, -0.1) is 0 Å². The van der Waals surface area contributed by atoms with E-state index in [-0.39, 0.29) is 5.82 Å². The molecule has 0 N–H and O–H groups in total. The summed E-state index contributed by atoms with van der Waals surface area (Å²) in [6.45, 7) is 3.36. The van der Waals surface area contributed by atoms with Gasteiger partial charge in [-0.2, -0.15) is 10.4 Å². The van der Waals surface area contributed by atoms with Crippen molar-refractivity contribution < 1.29 is 4.39 Å². The van der Waals surface area contributed by atoms with Crippen LogP contribution in [0.5, 0.6) is 0 Å². The molecule has 4 nitrogen and oxygen atoms in total. The standard InChI is InChI=1S/C23H25FN4/c24-23-7-4-6-22(16-23)19-27(18-21-10-8-20(17-25)9-11-21)13-2-1-3-14-28-15-5-12-26-28/h4-12,15-16H,1-3,13-14,18-19H2. The maximum atomic E-state index is 13.6. The van der Waals surface area contributed by atoms with Crippen molar-refractivity contribution in [3.8, 4) is 6.07 Å². The zero-order chi connectivity index (χ0) is 19.6. The first kappa shape index (κ1) is 19.8. The molecule has 3 aromatic rings. The number of aromatic nitrogens is 2. The molecule has 0 aliphatic rings. The van der Waals surface area contributed by atoms with E-state index in [1.807, 2.05) is 47.3 Å². The molecular formula is C23H25FN4. The number of rotatable bonds is 10. The molecule has 1 aromatic heterocycles. The second-order valence-corrected chi connectivity index (χ2v) is 6.98. The summed E-state index contributed by atoms with van der Waals surface area (Å²) in [5, 5.41) is 13.2. The summed E-state index contributed by atoms with van der Waals surface area (Å²) < 4.78 is 15.5. The fourth-order valence-electron chi connectivity index (χ4n) is 3.27. The number of nitrogens with zero attached hydrogens (tertiary/aromatic N) is 4. The normalized spacial score (nSPS) is 10.9. The molecule has 0 atom stereocenters. The van der Waals surface area contributed by atoms with Gasteiger partial charge >= 0.3 is 0 Å². The van der Waals surface area contributed by atoms with Crippen LogP contribution in [0.15, 0.2) is 67.0 Å². The predicted octanol–water partition coefficient (Wildman–Crippen LogP) is 4.77. The highest BCUT2D eigenvalue weighted by Gasteiger charge is 2.08. The Morgan fingerprint density at radius 3 is 2.50 bits per heavy atom. The third-order valence-corrected chi connectivity index (χ3v) is 4.71. The van der Waals surface area contributed by atoms with E-state index in [0.717, 1.165) is 50.0 Å². The van der Waals surface area contributed by atoms with Crippen molar-refractivity contribution >= 4 is 0 Å². The topological polar surface area (TPSA) is 44.9 Å². The van der Waals surface area contributed by atoms with E-state index < -0.39 is 0 Å². The van der Waals surface area contributed by atoms with Gasteiger partial charge in [-0.05, 0) is 60.8 Å². The van der Waals surface area contributed by atoms with E-state index >= 15 is 0 Å². The van der Waals surface area contributed by atoms with Crippen LogP contribution in [0.3, 0.4) is 0 Å². The van der Waals surface area contributed by atoms with Crippen molar-refractivity contribution in [3.63, 3.8) is 0 Å². The monoisotopic (exact) mass is 376 g/mol. The quantitative estimate of drug-likeness (QED) is 0.479. The third kappa shape index (κ3) is 6.33. The molecule has 28 heavy (non-hydrogen) atoms. The number of benzene rings is 2. The number of hydrogen-bond donors (Lipinski definition) is 0. The Balaban J connectivity index is 1.55. The molecular weight excluding hydrogens is 351 g/mol. The van der Waals surface area contributed by atoms with Gasteiger partial charge in [0.05, 0.1) is 11.6 Å². The van der Waals surface area contributed by atoms with Crippen molar-refractivity contribution in [3.05, 3.63) is 89.5 Å². The Hall–Kier alpha value is -2.97. The van der Waals surface area contributed by atoms with E-state index in [1.165, 1.54) is 6.07 Å². The first-order chi connectivity index (χ1) is 13.7. The lowest BCUT2D eigenvalue weighted by Gasteiger charge is -2.23. The van der Waals surface area contributed by atoms with Gasteiger partial charge < -0.3 is 0 Å². The van der Waals surface area contributed by atoms with E-state index in [2.05, 4.69) is 16.1 Å². The second kappa shape index (κ2) is 10.4. The summed E-state index contributed by atoms with van der Waals surface area (Å²) in [5.74, 6) is -0.199. The molecule has 0 saturated carbocycles. The van der Waals surface area contributed by atoms with Gasteiger partial charge in [-0.3, -0.25) is 9.58 Å². The van der Waals surface area contributed by atoms with Crippen LogP contribution >= 0.6 is 0 Å². The molecule has 5 heteroatoms. The lowest BCUT2D eigenvalue weighted by molar-refractivity contribution is 0.249.